The summed E-state index contributed by atoms with van der Waals surface area (Å²) in [5.74, 6) is 1.13. The van der Waals surface area contributed by atoms with Crippen LogP contribution < -0.4 is 5.32 Å². The maximum Gasteiger partial charge on any atom is 0.247 e. The number of benzene rings is 2. The van der Waals surface area contributed by atoms with E-state index in [9.17, 15) is 0 Å². The number of rotatable bonds is 4. The second-order valence-electron chi connectivity index (χ2n) is 5.05. The molecule has 1 aromatic heterocycles. The molecule has 0 radical (unpaired) electrons. The van der Waals surface area contributed by atoms with Gasteiger partial charge in [-0.1, -0.05) is 35.9 Å². The average molecular weight is 279 g/mol. The van der Waals surface area contributed by atoms with Gasteiger partial charge in [0.2, 0.25) is 11.8 Å². The van der Waals surface area contributed by atoms with Gasteiger partial charge in [0.05, 0.1) is 0 Å². The Morgan fingerprint density at radius 1 is 1.00 bits per heavy atom. The van der Waals surface area contributed by atoms with Gasteiger partial charge in [-0.05, 0) is 38.1 Å². The molecule has 1 unspecified atom stereocenters. The molecule has 0 bridgehead atoms. The second kappa shape index (κ2) is 5.79. The molecule has 1 N–H and O–H groups in total. The number of anilines is 1. The molecule has 4 nitrogen and oxygen atoms in total. The van der Waals surface area contributed by atoms with Gasteiger partial charge in [0.15, 0.2) is 0 Å². The molecular formula is C17H17N3O. The number of nitrogens with zero attached hydrogens (tertiary/aromatic N) is 2. The summed E-state index contributed by atoms with van der Waals surface area (Å²) in [4.78, 5) is 0. The van der Waals surface area contributed by atoms with Crippen molar-refractivity contribution in [2.24, 2.45) is 0 Å². The highest BCUT2D eigenvalue weighted by molar-refractivity contribution is 5.53. The lowest BCUT2D eigenvalue weighted by Gasteiger charge is -2.10. The van der Waals surface area contributed by atoms with Crippen molar-refractivity contribution in [3.05, 3.63) is 66.1 Å². The molecule has 0 aliphatic rings. The molecule has 4 heteroatoms. The lowest BCUT2D eigenvalue weighted by Crippen LogP contribution is -2.06. The number of aryl methyl sites for hydroxylation is 1. The molecule has 0 saturated heterocycles. The van der Waals surface area contributed by atoms with Crippen molar-refractivity contribution in [1.29, 1.82) is 0 Å². The van der Waals surface area contributed by atoms with E-state index in [4.69, 9.17) is 4.42 Å². The first-order chi connectivity index (χ1) is 10.2. The smallest absolute Gasteiger partial charge is 0.247 e. The first-order valence-corrected chi connectivity index (χ1v) is 6.94. The molecule has 0 amide bonds. The molecule has 0 aliphatic heterocycles. The molecule has 0 saturated carbocycles. The zero-order chi connectivity index (χ0) is 14.7. The standard InChI is InChI=1S/C17H17N3O/c1-12-7-6-8-14(11-12)17-20-19-16(21-17)13(2)18-15-9-4-3-5-10-15/h3-11,13,18H,1-2H3. The van der Waals surface area contributed by atoms with Crippen LogP contribution in [0.4, 0.5) is 5.69 Å². The van der Waals surface area contributed by atoms with Crippen LogP contribution in [0.2, 0.25) is 0 Å². The zero-order valence-corrected chi connectivity index (χ0v) is 12.1. The van der Waals surface area contributed by atoms with Crippen LogP contribution in [0.1, 0.15) is 24.4 Å². The molecule has 106 valence electrons. The SMILES string of the molecule is Cc1cccc(-c2nnc(C(C)Nc3ccccc3)o2)c1. The van der Waals surface area contributed by atoms with Gasteiger partial charge in [-0.25, -0.2) is 0 Å². The van der Waals surface area contributed by atoms with Crippen molar-refractivity contribution in [3.8, 4) is 11.5 Å². The number of nitrogens with one attached hydrogen (secondary N) is 1. The highest BCUT2D eigenvalue weighted by Gasteiger charge is 2.14. The van der Waals surface area contributed by atoms with Crippen LogP contribution in [0.5, 0.6) is 0 Å². The topological polar surface area (TPSA) is 51.0 Å². The maximum atomic E-state index is 5.77. The van der Waals surface area contributed by atoms with Gasteiger partial charge in [0.1, 0.15) is 6.04 Å². The van der Waals surface area contributed by atoms with Crippen LogP contribution in [-0.4, -0.2) is 10.2 Å². The summed E-state index contributed by atoms with van der Waals surface area (Å²) in [6, 6.07) is 18.0. The van der Waals surface area contributed by atoms with Crippen LogP contribution in [0.25, 0.3) is 11.5 Å². The van der Waals surface area contributed by atoms with E-state index in [-0.39, 0.29) is 6.04 Å². The molecule has 0 fully saturated rings. The Balaban J connectivity index is 1.78. The summed E-state index contributed by atoms with van der Waals surface area (Å²) < 4.78 is 5.77. The van der Waals surface area contributed by atoms with Crippen LogP contribution in [0, 0.1) is 6.92 Å². The van der Waals surface area contributed by atoms with E-state index in [1.165, 1.54) is 5.56 Å². The predicted octanol–water partition coefficient (Wildman–Crippen LogP) is 4.22. The Morgan fingerprint density at radius 3 is 2.57 bits per heavy atom. The van der Waals surface area contributed by atoms with Crippen molar-refractivity contribution in [2.45, 2.75) is 19.9 Å². The van der Waals surface area contributed by atoms with Crippen LogP contribution >= 0.6 is 0 Å². The van der Waals surface area contributed by atoms with E-state index >= 15 is 0 Å². The van der Waals surface area contributed by atoms with E-state index in [0.29, 0.717) is 11.8 Å². The largest absolute Gasteiger partial charge is 0.418 e. The zero-order valence-electron chi connectivity index (χ0n) is 12.1. The Hall–Kier alpha value is -2.62. The van der Waals surface area contributed by atoms with Crippen LogP contribution in [-0.2, 0) is 0 Å². The summed E-state index contributed by atoms with van der Waals surface area (Å²) in [6.45, 7) is 4.04. The molecule has 0 aliphatic carbocycles. The van der Waals surface area contributed by atoms with Gasteiger partial charge in [-0.3, -0.25) is 0 Å². The highest BCUT2D eigenvalue weighted by atomic mass is 16.4. The Labute approximate surface area is 123 Å². The van der Waals surface area contributed by atoms with Gasteiger partial charge in [0, 0.05) is 11.3 Å². The van der Waals surface area contributed by atoms with Crippen molar-refractivity contribution < 1.29 is 4.42 Å². The number of hydrogen-bond acceptors (Lipinski definition) is 4. The van der Waals surface area contributed by atoms with Crippen molar-refractivity contribution in [3.63, 3.8) is 0 Å². The lowest BCUT2D eigenvalue weighted by molar-refractivity contribution is 0.485. The first kappa shape index (κ1) is 13.4. The minimum Gasteiger partial charge on any atom is -0.418 e. The third kappa shape index (κ3) is 3.11. The van der Waals surface area contributed by atoms with Gasteiger partial charge >= 0.3 is 0 Å². The summed E-state index contributed by atoms with van der Waals surface area (Å²) in [6.07, 6.45) is 0. The fraction of sp³-hybridized carbons (Fsp3) is 0.176. The average Bonchev–Trinajstić information content (AvgIpc) is 2.98. The van der Waals surface area contributed by atoms with E-state index in [2.05, 4.69) is 15.5 Å². The third-order valence-corrected chi connectivity index (χ3v) is 3.23. The quantitative estimate of drug-likeness (QED) is 0.777. The Bertz CT molecular complexity index is 722. The van der Waals surface area contributed by atoms with Crippen molar-refractivity contribution >= 4 is 5.69 Å². The normalized spacial score (nSPS) is 12.1. The molecule has 0 spiro atoms. The summed E-state index contributed by atoms with van der Waals surface area (Å²) in [5, 5.41) is 11.6. The van der Waals surface area contributed by atoms with Crippen LogP contribution in [0.15, 0.2) is 59.0 Å². The molecule has 21 heavy (non-hydrogen) atoms. The minimum absolute atomic E-state index is 0.0431. The minimum atomic E-state index is -0.0431. The number of para-hydroxylation sites is 1. The first-order valence-electron chi connectivity index (χ1n) is 6.94. The van der Waals surface area contributed by atoms with Gasteiger partial charge in [-0.2, -0.15) is 0 Å². The monoisotopic (exact) mass is 279 g/mol. The summed E-state index contributed by atoms with van der Waals surface area (Å²) in [5.41, 5.74) is 3.14. The second-order valence-corrected chi connectivity index (χ2v) is 5.05. The van der Waals surface area contributed by atoms with Crippen molar-refractivity contribution in [2.75, 3.05) is 5.32 Å². The number of aromatic nitrogens is 2. The van der Waals surface area contributed by atoms with Gasteiger partial charge in [-0.15, -0.1) is 10.2 Å². The molecular weight excluding hydrogens is 262 g/mol. The van der Waals surface area contributed by atoms with E-state index in [0.717, 1.165) is 11.3 Å². The highest BCUT2D eigenvalue weighted by Crippen LogP contribution is 2.23. The Kier molecular flexibility index (Phi) is 3.69. The van der Waals surface area contributed by atoms with E-state index in [1.54, 1.807) is 0 Å². The van der Waals surface area contributed by atoms with Crippen LogP contribution in [0.3, 0.4) is 0 Å². The molecule has 1 heterocycles. The molecule has 1 atom stereocenters. The lowest BCUT2D eigenvalue weighted by atomic mass is 10.1. The van der Waals surface area contributed by atoms with E-state index in [1.807, 2.05) is 68.4 Å². The number of hydrogen-bond donors (Lipinski definition) is 1. The summed E-state index contributed by atoms with van der Waals surface area (Å²) in [7, 11) is 0. The van der Waals surface area contributed by atoms with Crippen molar-refractivity contribution in [1.82, 2.24) is 10.2 Å². The fourth-order valence-electron chi connectivity index (χ4n) is 2.15. The van der Waals surface area contributed by atoms with Gasteiger partial charge in [0.25, 0.3) is 0 Å². The van der Waals surface area contributed by atoms with E-state index < -0.39 is 0 Å². The maximum absolute atomic E-state index is 5.77. The van der Waals surface area contributed by atoms with Gasteiger partial charge < -0.3 is 9.73 Å². The fourth-order valence-corrected chi connectivity index (χ4v) is 2.15. The Morgan fingerprint density at radius 2 is 1.81 bits per heavy atom. The third-order valence-electron chi connectivity index (χ3n) is 3.23. The predicted molar refractivity (Wildman–Crippen MR) is 83.0 cm³/mol. The molecule has 3 rings (SSSR count). The molecule has 2 aromatic carbocycles. The molecule has 3 aromatic rings. The summed E-state index contributed by atoms with van der Waals surface area (Å²) >= 11 is 0.